The Morgan fingerprint density at radius 1 is 1.41 bits per heavy atom. The van der Waals surface area contributed by atoms with Crippen molar-refractivity contribution in [1.29, 1.82) is 0 Å². The van der Waals surface area contributed by atoms with Gasteiger partial charge >= 0.3 is 0 Å². The van der Waals surface area contributed by atoms with E-state index >= 15 is 0 Å². The van der Waals surface area contributed by atoms with Crippen molar-refractivity contribution in [1.82, 2.24) is 15.5 Å². The van der Waals surface area contributed by atoms with Crippen LogP contribution >= 0.6 is 0 Å². The summed E-state index contributed by atoms with van der Waals surface area (Å²) in [6.45, 7) is 5.63. The molecule has 3 rings (SSSR count). The fraction of sp³-hybridized carbons (Fsp3) is 0.375. The molecule has 22 heavy (non-hydrogen) atoms. The minimum Gasteiger partial charge on any atom is -0.483 e. The lowest BCUT2D eigenvalue weighted by atomic mass is 10.1. The first kappa shape index (κ1) is 14.6. The van der Waals surface area contributed by atoms with Crippen molar-refractivity contribution >= 4 is 11.7 Å². The Balaban J connectivity index is 1.60. The van der Waals surface area contributed by atoms with Gasteiger partial charge in [0.15, 0.2) is 12.4 Å². The number of nitrogens with one attached hydrogen (secondary N) is 3. The zero-order valence-corrected chi connectivity index (χ0v) is 12.8. The van der Waals surface area contributed by atoms with Crippen molar-refractivity contribution in [3.63, 3.8) is 0 Å². The molecule has 6 nitrogen and oxygen atoms in total. The Bertz CT molecular complexity index is 693. The summed E-state index contributed by atoms with van der Waals surface area (Å²) in [5, 5.41) is 13.2. The quantitative estimate of drug-likeness (QED) is 0.803. The van der Waals surface area contributed by atoms with Gasteiger partial charge in [-0.05, 0) is 38.4 Å². The smallest absolute Gasteiger partial charge is 0.263 e. The minimum absolute atomic E-state index is 0.0240. The van der Waals surface area contributed by atoms with Crippen LogP contribution < -0.4 is 15.4 Å². The highest BCUT2D eigenvalue weighted by Gasteiger charge is 2.18. The number of rotatable bonds is 4. The van der Waals surface area contributed by atoms with Gasteiger partial charge in [0, 0.05) is 12.1 Å². The number of anilines is 1. The van der Waals surface area contributed by atoms with Crippen LogP contribution in [0, 0.1) is 13.8 Å². The topological polar surface area (TPSA) is 79.0 Å². The average molecular weight is 300 g/mol. The number of aromatic nitrogens is 2. The molecule has 0 radical (unpaired) electrons. The molecular weight excluding hydrogens is 280 g/mol. The number of hydrogen-bond acceptors (Lipinski definition) is 4. The zero-order chi connectivity index (χ0) is 15.5. The summed E-state index contributed by atoms with van der Waals surface area (Å²) < 4.78 is 5.58. The third kappa shape index (κ3) is 3.12. The van der Waals surface area contributed by atoms with Crippen LogP contribution in [0.2, 0.25) is 0 Å². The number of H-pyrrole nitrogens is 1. The maximum Gasteiger partial charge on any atom is 0.263 e. The molecule has 6 heteroatoms. The largest absolute Gasteiger partial charge is 0.483 e. The van der Waals surface area contributed by atoms with Crippen molar-refractivity contribution in [2.24, 2.45) is 0 Å². The molecular formula is C16H20N4O2. The van der Waals surface area contributed by atoms with Gasteiger partial charge in [-0.25, -0.2) is 0 Å². The fourth-order valence-corrected chi connectivity index (χ4v) is 2.62. The molecule has 2 aromatic rings. The summed E-state index contributed by atoms with van der Waals surface area (Å²) in [6.07, 6.45) is 0.860. The Morgan fingerprint density at radius 2 is 2.27 bits per heavy atom. The summed E-state index contributed by atoms with van der Waals surface area (Å²) in [5.74, 6) is 1.15. The van der Waals surface area contributed by atoms with E-state index in [9.17, 15) is 4.79 Å². The molecule has 1 aromatic heterocycles. The number of carbonyl (C=O) groups is 1. The van der Waals surface area contributed by atoms with Gasteiger partial charge in [0.1, 0.15) is 5.75 Å². The van der Waals surface area contributed by atoms with Crippen LogP contribution in [0.5, 0.6) is 5.75 Å². The molecule has 0 saturated carbocycles. The van der Waals surface area contributed by atoms with Crippen LogP contribution in [0.4, 0.5) is 5.82 Å². The van der Waals surface area contributed by atoms with E-state index in [1.165, 1.54) is 5.56 Å². The lowest BCUT2D eigenvalue weighted by Crippen LogP contribution is -2.25. The molecule has 3 N–H and O–H groups in total. The van der Waals surface area contributed by atoms with Crippen molar-refractivity contribution in [2.75, 3.05) is 18.5 Å². The molecule has 1 amide bonds. The zero-order valence-electron chi connectivity index (χ0n) is 12.8. The summed E-state index contributed by atoms with van der Waals surface area (Å²) in [5.41, 5.74) is 4.32. The van der Waals surface area contributed by atoms with Gasteiger partial charge in [0.2, 0.25) is 0 Å². The molecule has 1 aliphatic rings. The standard InChI is InChI=1S/C16H20N4O2/c1-10-3-4-14(11(2)7-10)22-9-15(21)18-16-12-5-6-17-8-13(12)19-20-16/h3-4,7,17H,5-6,8-9H2,1-2H3,(H2,18,19,20,21). The van der Waals surface area contributed by atoms with Crippen LogP contribution in [0.3, 0.4) is 0 Å². The number of hydrogen-bond donors (Lipinski definition) is 3. The van der Waals surface area contributed by atoms with Crippen LogP contribution in [0.25, 0.3) is 0 Å². The van der Waals surface area contributed by atoms with E-state index in [4.69, 9.17) is 4.74 Å². The fourth-order valence-electron chi connectivity index (χ4n) is 2.62. The molecule has 0 aliphatic carbocycles. The molecule has 1 aromatic carbocycles. The molecule has 0 unspecified atom stereocenters. The van der Waals surface area contributed by atoms with Gasteiger partial charge in [0.05, 0.1) is 5.69 Å². The van der Waals surface area contributed by atoms with Crippen LogP contribution in [-0.2, 0) is 17.8 Å². The van der Waals surface area contributed by atoms with E-state index in [0.717, 1.165) is 42.1 Å². The number of carbonyl (C=O) groups excluding carboxylic acids is 1. The average Bonchev–Trinajstić information content (AvgIpc) is 2.90. The lowest BCUT2D eigenvalue weighted by Gasteiger charge is -2.13. The number of nitrogens with zero attached hydrogens (tertiary/aromatic N) is 1. The first-order valence-corrected chi connectivity index (χ1v) is 7.40. The third-order valence-electron chi connectivity index (χ3n) is 3.75. The highest BCUT2D eigenvalue weighted by molar-refractivity contribution is 5.91. The van der Waals surface area contributed by atoms with E-state index in [1.54, 1.807) is 0 Å². The number of benzene rings is 1. The van der Waals surface area contributed by atoms with Gasteiger partial charge < -0.3 is 15.4 Å². The molecule has 1 aliphatic heterocycles. The van der Waals surface area contributed by atoms with Gasteiger partial charge in [-0.1, -0.05) is 17.7 Å². The van der Waals surface area contributed by atoms with E-state index in [0.29, 0.717) is 5.82 Å². The number of aryl methyl sites for hydroxylation is 2. The van der Waals surface area contributed by atoms with Gasteiger partial charge in [-0.3, -0.25) is 9.89 Å². The highest BCUT2D eigenvalue weighted by atomic mass is 16.5. The number of fused-ring (bicyclic) bond motifs is 1. The van der Waals surface area contributed by atoms with Crippen LogP contribution in [-0.4, -0.2) is 29.3 Å². The molecule has 0 fully saturated rings. The predicted molar refractivity (Wildman–Crippen MR) is 84.0 cm³/mol. The van der Waals surface area contributed by atoms with E-state index in [-0.39, 0.29) is 12.5 Å². The normalized spacial score (nSPS) is 13.5. The van der Waals surface area contributed by atoms with Crippen molar-refractivity contribution in [3.05, 3.63) is 40.6 Å². The Labute approximate surface area is 129 Å². The third-order valence-corrected chi connectivity index (χ3v) is 3.75. The van der Waals surface area contributed by atoms with Crippen LogP contribution in [0.15, 0.2) is 18.2 Å². The SMILES string of the molecule is Cc1ccc(OCC(=O)Nc2n[nH]c3c2CCNC3)c(C)c1. The van der Waals surface area contributed by atoms with E-state index in [2.05, 4.69) is 20.8 Å². The van der Waals surface area contributed by atoms with Gasteiger partial charge in [-0.2, -0.15) is 5.10 Å². The van der Waals surface area contributed by atoms with Gasteiger partial charge in [0.25, 0.3) is 5.91 Å². The highest BCUT2D eigenvalue weighted by Crippen LogP contribution is 2.21. The van der Waals surface area contributed by atoms with Crippen molar-refractivity contribution in [2.45, 2.75) is 26.8 Å². The molecule has 0 spiro atoms. The summed E-state index contributed by atoms with van der Waals surface area (Å²) >= 11 is 0. The molecule has 2 heterocycles. The van der Waals surface area contributed by atoms with E-state index < -0.39 is 0 Å². The van der Waals surface area contributed by atoms with Crippen molar-refractivity contribution < 1.29 is 9.53 Å². The first-order chi connectivity index (χ1) is 10.6. The lowest BCUT2D eigenvalue weighted by molar-refractivity contribution is -0.118. The van der Waals surface area contributed by atoms with Crippen LogP contribution in [0.1, 0.15) is 22.4 Å². The molecule has 0 saturated heterocycles. The maximum absolute atomic E-state index is 12.0. The second-order valence-corrected chi connectivity index (χ2v) is 5.56. The summed E-state index contributed by atoms with van der Waals surface area (Å²) in [7, 11) is 0. The Morgan fingerprint density at radius 3 is 3.09 bits per heavy atom. The Kier molecular flexibility index (Phi) is 4.11. The summed E-state index contributed by atoms with van der Waals surface area (Å²) in [4.78, 5) is 12.0. The van der Waals surface area contributed by atoms with Gasteiger partial charge in [-0.15, -0.1) is 0 Å². The monoisotopic (exact) mass is 300 g/mol. The first-order valence-electron chi connectivity index (χ1n) is 7.40. The second-order valence-electron chi connectivity index (χ2n) is 5.56. The van der Waals surface area contributed by atoms with Crippen molar-refractivity contribution in [3.8, 4) is 5.75 Å². The van der Waals surface area contributed by atoms with E-state index in [1.807, 2.05) is 32.0 Å². The maximum atomic E-state index is 12.0. The number of ether oxygens (including phenoxy) is 1. The number of aromatic amines is 1. The Hall–Kier alpha value is -2.34. The minimum atomic E-state index is -0.201. The molecule has 0 bridgehead atoms. The summed E-state index contributed by atoms with van der Waals surface area (Å²) in [6, 6.07) is 5.89. The second kappa shape index (κ2) is 6.19. The predicted octanol–water partition coefficient (Wildman–Crippen LogP) is 1.69. The number of amides is 1. The molecule has 116 valence electrons. The molecule has 0 atom stereocenters.